The summed E-state index contributed by atoms with van der Waals surface area (Å²) in [7, 11) is 0. The molecule has 4 aromatic rings. The number of aromatic nitrogens is 4. The lowest BCUT2D eigenvalue weighted by Crippen LogP contribution is -2.23. The number of rotatable bonds is 9. The van der Waals surface area contributed by atoms with Crippen molar-refractivity contribution in [3.05, 3.63) is 65.5 Å². The number of nitrogens with zero attached hydrogens (tertiary/aromatic N) is 4. The Hall–Kier alpha value is -3.81. The second-order valence-corrected chi connectivity index (χ2v) is 9.59. The minimum absolute atomic E-state index is 0.0417. The maximum Gasteiger partial charge on any atom is 0.306 e. The highest BCUT2D eigenvalue weighted by molar-refractivity contribution is 6.10. The third-order valence-electron chi connectivity index (χ3n) is 5.55. The topological polar surface area (TPSA) is 98.5 Å². The molecule has 0 unspecified atom stereocenters. The van der Waals surface area contributed by atoms with Gasteiger partial charge in [-0.2, -0.15) is 0 Å². The van der Waals surface area contributed by atoms with Crippen LogP contribution in [0, 0.1) is 6.92 Å². The minimum Gasteiger partial charge on any atom is -0.460 e. The molecule has 2 aromatic heterocycles. The van der Waals surface area contributed by atoms with Crippen LogP contribution in [-0.4, -0.2) is 43.5 Å². The molecule has 182 valence electrons. The molecule has 0 saturated heterocycles. The molecule has 0 amide bonds. The van der Waals surface area contributed by atoms with Gasteiger partial charge < -0.3 is 10.1 Å². The lowest BCUT2D eigenvalue weighted by molar-refractivity contribution is -0.154. The lowest BCUT2D eigenvalue weighted by atomic mass is 10.0. The third-order valence-corrected chi connectivity index (χ3v) is 5.55. The molecule has 0 aliphatic rings. The lowest BCUT2D eigenvalue weighted by Gasteiger charge is -2.19. The number of carbonyl (C=O) groups excluding carboxylic acids is 2. The van der Waals surface area contributed by atoms with E-state index in [0.29, 0.717) is 35.6 Å². The van der Waals surface area contributed by atoms with Crippen molar-refractivity contribution >= 4 is 34.3 Å². The molecule has 1 N–H and O–H groups in total. The molecular formula is C27H31N5O3. The summed E-state index contributed by atoms with van der Waals surface area (Å²) in [6.45, 7) is 8.20. The fraction of sp³-hybridized carbons (Fsp3) is 0.370. The van der Waals surface area contributed by atoms with Gasteiger partial charge in [-0.05, 0) is 58.7 Å². The summed E-state index contributed by atoms with van der Waals surface area (Å²) in [5.41, 5.74) is 2.93. The molecule has 0 aliphatic heterocycles. The van der Waals surface area contributed by atoms with E-state index < -0.39 is 5.60 Å². The maximum absolute atomic E-state index is 13.0. The molecule has 0 spiro atoms. The van der Waals surface area contributed by atoms with Crippen LogP contribution in [0.15, 0.2) is 48.5 Å². The number of ether oxygens (including phenoxy) is 1. The van der Waals surface area contributed by atoms with Crippen molar-refractivity contribution in [3.63, 3.8) is 0 Å². The first-order valence-corrected chi connectivity index (χ1v) is 11.9. The van der Waals surface area contributed by atoms with Crippen LogP contribution >= 0.6 is 0 Å². The summed E-state index contributed by atoms with van der Waals surface area (Å²) < 4.78 is 7.28. The van der Waals surface area contributed by atoms with Gasteiger partial charge in [0.15, 0.2) is 11.6 Å². The van der Waals surface area contributed by atoms with Gasteiger partial charge in [0.25, 0.3) is 0 Å². The number of fused-ring (bicyclic) bond motifs is 3. The first-order chi connectivity index (χ1) is 16.7. The van der Waals surface area contributed by atoms with Gasteiger partial charge in [0, 0.05) is 24.1 Å². The summed E-state index contributed by atoms with van der Waals surface area (Å²) >= 11 is 0. The number of anilines is 1. The maximum atomic E-state index is 13.0. The quantitative estimate of drug-likeness (QED) is 0.204. The van der Waals surface area contributed by atoms with Gasteiger partial charge in [-0.1, -0.05) is 36.8 Å². The Labute approximate surface area is 204 Å². The van der Waals surface area contributed by atoms with Crippen LogP contribution in [-0.2, 0) is 9.53 Å². The number of hydrogen-bond donors (Lipinski definition) is 1. The zero-order chi connectivity index (χ0) is 25.0. The van der Waals surface area contributed by atoms with Crippen LogP contribution < -0.4 is 5.32 Å². The number of benzene rings is 2. The number of nitrogens with one attached hydrogen (secondary N) is 1. The smallest absolute Gasteiger partial charge is 0.306 e. The molecule has 0 atom stereocenters. The van der Waals surface area contributed by atoms with E-state index in [0.717, 1.165) is 36.1 Å². The van der Waals surface area contributed by atoms with Crippen molar-refractivity contribution in [1.82, 2.24) is 19.6 Å². The Kier molecular flexibility index (Phi) is 7.10. The second-order valence-electron chi connectivity index (χ2n) is 9.59. The summed E-state index contributed by atoms with van der Waals surface area (Å²) in [6.07, 6.45) is 2.97. The molecule has 0 bridgehead atoms. The minimum atomic E-state index is -0.447. The van der Waals surface area contributed by atoms with Gasteiger partial charge in [0.2, 0.25) is 5.65 Å². The van der Waals surface area contributed by atoms with E-state index in [1.54, 1.807) is 6.07 Å². The van der Waals surface area contributed by atoms with Crippen molar-refractivity contribution in [3.8, 4) is 0 Å². The van der Waals surface area contributed by atoms with Crippen molar-refractivity contribution in [2.24, 2.45) is 0 Å². The number of ketones is 1. The fourth-order valence-corrected chi connectivity index (χ4v) is 3.96. The highest BCUT2D eigenvalue weighted by Crippen LogP contribution is 2.24. The van der Waals surface area contributed by atoms with Crippen LogP contribution in [0.25, 0.3) is 16.7 Å². The summed E-state index contributed by atoms with van der Waals surface area (Å²) in [6, 6.07) is 14.7. The van der Waals surface area contributed by atoms with E-state index in [1.165, 1.54) is 0 Å². The van der Waals surface area contributed by atoms with E-state index in [9.17, 15) is 9.59 Å². The third kappa shape index (κ3) is 5.82. The predicted octanol–water partition coefficient (Wildman–Crippen LogP) is 5.13. The van der Waals surface area contributed by atoms with Crippen LogP contribution in [0.3, 0.4) is 0 Å². The first-order valence-electron chi connectivity index (χ1n) is 11.9. The summed E-state index contributed by atoms with van der Waals surface area (Å²) in [5.74, 6) is 1.16. The van der Waals surface area contributed by atoms with Crippen LogP contribution in [0.1, 0.15) is 68.2 Å². The average molecular weight is 474 g/mol. The molecule has 8 nitrogen and oxygen atoms in total. The van der Waals surface area contributed by atoms with Gasteiger partial charge in [0.05, 0.1) is 11.0 Å². The molecule has 2 aromatic carbocycles. The van der Waals surface area contributed by atoms with E-state index in [4.69, 9.17) is 9.72 Å². The van der Waals surface area contributed by atoms with E-state index >= 15 is 0 Å². The van der Waals surface area contributed by atoms with E-state index in [-0.39, 0.29) is 11.8 Å². The molecular weight excluding hydrogens is 442 g/mol. The SMILES string of the molecule is Cc1nnc2c(NCCCCCC(=O)OC(C)(C)C)nc3ccc(C(=O)c4ccccc4)cc3n12. The molecule has 4 rings (SSSR count). The molecule has 0 fully saturated rings. The second kappa shape index (κ2) is 10.2. The Balaban J connectivity index is 1.46. The van der Waals surface area contributed by atoms with Gasteiger partial charge in [-0.3, -0.25) is 14.0 Å². The average Bonchev–Trinajstić information content (AvgIpc) is 3.22. The van der Waals surface area contributed by atoms with Gasteiger partial charge >= 0.3 is 5.97 Å². The number of carbonyl (C=O) groups is 2. The highest BCUT2D eigenvalue weighted by Gasteiger charge is 2.17. The van der Waals surface area contributed by atoms with Crippen molar-refractivity contribution < 1.29 is 14.3 Å². The van der Waals surface area contributed by atoms with Crippen molar-refractivity contribution in [1.29, 1.82) is 0 Å². The molecule has 0 saturated carbocycles. The largest absolute Gasteiger partial charge is 0.460 e. The zero-order valence-electron chi connectivity index (χ0n) is 20.7. The van der Waals surface area contributed by atoms with Crippen LogP contribution in [0.4, 0.5) is 5.82 Å². The summed E-state index contributed by atoms with van der Waals surface area (Å²) in [5, 5.41) is 11.9. The Morgan fingerprint density at radius 3 is 2.49 bits per heavy atom. The Morgan fingerprint density at radius 2 is 1.74 bits per heavy atom. The Morgan fingerprint density at radius 1 is 0.971 bits per heavy atom. The molecule has 8 heteroatoms. The van der Waals surface area contributed by atoms with Gasteiger partial charge in [-0.25, -0.2) is 4.98 Å². The van der Waals surface area contributed by atoms with E-state index in [1.807, 2.05) is 74.6 Å². The van der Waals surface area contributed by atoms with Crippen molar-refractivity contribution in [2.45, 2.75) is 59.0 Å². The molecule has 0 radical (unpaired) electrons. The van der Waals surface area contributed by atoms with Crippen LogP contribution in [0.5, 0.6) is 0 Å². The Bertz CT molecular complexity index is 1360. The molecule has 2 heterocycles. The predicted molar refractivity (Wildman–Crippen MR) is 136 cm³/mol. The number of aryl methyl sites for hydroxylation is 1. The van der Waals surface area contributed by atoms with Gasteiger partial charge in [-0.15, -0.1) is 10.2 Å². The monoisotopic (exact) mass is 473 g/mol. The summed E-state index contributed by atoms with van der Waals surface area (Å²) in [4.78, 5) is 29.6. The molecule has 35 heavy (non-hydrogen) atoms. The number of esters is 1. The standard InChI is InChI=1S/C27H31N5O3/c1-18-30-31-26-25(28-16-10-6-9-13-23(33)35-27(2,3)4)29-21-15-14-20(17-22(21)32(18)26)24(34)19-11-7-5-8-12-19/h5,7-8,11-12,14-15,17H,6,9-10,13,16H2,1-4H3,(H,28,29). The zero-order valence-corrected chi connectivity index (χ0v) is 20.7. The normalized spacial score (nSPS) is 11.7. The first kappa shape index (κ1) is 24.3. The molecule has 0 aliphatic carbocycles. The number of hydrogen-bond acceptors (Lipinski definition) is 7. The van der Waals surface area contributed by atoms with E-state index in [2.05, 4.69) is 15.5 Å². The highest BCUT2D eigenvalue weighted by atomic mass is 16.6. The van der Waals surface area contributed by atoms with Gasteiger partial charge in [0.1, 0.15) is 11.4 Å². The fourth-order valence-electron chi connectivity index (χ4n) is 3.96. The van der Waals surface area contributed by atoms with Crippen LogP contribution in [0.2, 0.25) is 0 Å². The van der Waals surface area contributed by atoms with Crippen molar-refractivity contribution in [2.75, 3.05) is 11.9 Å². The number of unbranched alkanes of at least 4 members (excludes halogenated alkanes) is 2.